The summed E-state index contributed by atoms with van der Waals surface area (Å²) in [6.07, 6.45) is -3.70. The van der Waals surface area contributed by atoms with Gasteiger partial charge in [0.05, 0.1) is 0 Å². The maximum atomic E-state index is 12.9. The van der Waals surface area contributed by atoms with Crippen molar-refractivity contribution in [2.45, 2.75) is 25.1 Å². The van der Waals surface area contributed by atoms with Crippen molar-refractivity contribution in [3.05, 3.63) is 34.6 Å². The third-order valence-corrected chi connectivity index (χ3v) is 2.95. The van der Waals surface area contributed by atoms with Gasteiger partial charge in [0.2, 0.25) is 0 Å². The van der Waals surface area contributed by atoms with Gasteiger partial charge in [0.15, 0.2) is 0 Å². The molecule has 0 aliphatic heterocycles. The van der Waals surface area contributed by atoms with E-state index < -0.39 is 18.6 Å². The van der Waals surface area contributed by atoms with Crippen LogP contribution in [0.15, 0.2) is 18.2 Å². The quantitative estimate of drug-likeness (QED) is 0.352. The van der Waals surface area contributed by atoms with Crippen molar-refractivity contribution in [3.63, 3.8) is 0 Å². The zero-order chi connectivity index (χ0) is 15.2. The highest BCUT2D eigenvalue weighted by Crippen LogP contribution is 2.19. The molecule has 3 N–H and O–H groups in total. The highest BCUT2D eigenvalue weighted by Gasteiger charge is 2.27. The molecule has 0 amide bonds. The normalized spacial score (nSPS) is 13.5. The Morgan fingerprint density at radius 1 is 1.35 bits per heavy atom. The molecule has 114 valence electrons. The summed E-state index contributed by atoms with van der Waals surface area (Å²) in [7, 11) is 0. The molecular formula is C12H15ClF4N2O. The number of nitrogens with one attached hydrogen (secondary N) is 1. The van der Waals surface area contributed by atoms with Crippen LogP contribution in [0.4, 0.5) is 17.6 Å². The molecule has 0 aromatic heterocycles. The van der Waals surface area contributed by atoms with Crippen LogP contribution in [0, 0.1) is 5.82 Å². The van der Waals surface area contributed by atoms with Gasteiger partial charge < -0.3 is 4.74 Å². The van der Waals surface area contributed by atoms with Crippen LogP contribution in [0.5, 0.6) is 0 Å². The molecule has 0 saturated carbocycles. The van der Waals surface area contributed by atoms with Crippen molar-refractivity contribution < 1.29 is 22.3 Å². The summed E-state index contributed by atoms with van der Waals surface area (Å²) >= 11 is 5.86. The fourth-order valence-corrected chi connectivity index (χ4v) is 1.85. The zero-order valence-corrected chi connectivity index (χ0v) is 11.3. The first-order valence-corrected chi connectivity index (χ1v) is 6.24. The van der Waals surface area contributed by atoms with Gasteiger partial charge in [-0.3, -0.25) is 11.3 Å². The molecule has 3 nitrogen and oxygen atoms in total. The molecule has 1 rings (SSSR count). The Morgan fingerprint density at radius 2 is 2.05 bits per heavy atom. The van der Waals surface area contributed by atoms with E-state index in [1.165, 1.54) is 18.2 Å². The lowest BCUT2D eigenvalue weighted by Gasteiger charge is -2.17. The molecule has 1 atom stereocenters. The Morgan fingerprint density at radius 3 is 2.60 bits per heavy atom. The largest absolute Gasteiger partial charge is 0.411 e. The lowest BCUT2D eigenvalue weighted by atomic mass is 10.0. The van der Waals surface area contributed by atoms with Crippen LogP contribution >= 0.6 is 11.6 Å². The van der Waals surface area contributed by atoms with Crippen molar-refractivity contribution >= 4 is 11.6 Å². The second-order valence-corrected chi connectivity index (χ2v) is 4.67. The van der Waals surface area contributed by atoms with E-state index in [0.717, 1.165) is 0 Å². The van der Waals surface area contributed by atoms with Gasteiger partial charge in [-0.15, -0.1) is 0 Å². The van der Waals surface area contributed by atoms with E-state index in [0.29, 0.717) is 12.0 Å². The number of alkyl halides is 3. The minimum absolute atomic E-state index is 0.0901. The van der Waals surface area contributed by atoms with Gasteiger partial charge in [-0.2, -0.15) is 13.2 Å². The molecular weight excluding hydrogens is 300 g/mol. The van der Waals surface area contributed by atoms with Crippen molar-refractivity contribution in [1.29, 1.82) is 0 Å². The lowest BCUT2D eigenvalue weighted by molar-refractivity contribution is -0.174. The molecule has 0 fully saturated rings. The van der Waals surface area contributed by atoms with Crippen LogP contribution < -0.4 is 11.3 Å². The van der Waals surface area contributed by atoms with E-state index in [-0.39, 0.29) is 24.1 Å². The summed E-state index contributed by atoms with van der Waals surface area (Å²) in [6, 6.07) is 3.63. The summed E-state index contributed by atoms with van der Waals surface area (Å²) in [5, 5.41) is 0.251. The Bertz CT molecular complexity index is 428. The predicted octanol–water partition coefficient (Wildman–Crippen LogP) is 2.82. The SMILES string of the molecule is NNC(CCOCC(F)(F)F)Cc1ccc(F)cc1Cl. The summed E-state index contributed by atoms with van der Waals surface area (Å²) in [5.74, 6) is 4.87. The second kappa shape index (κ2) is 7.78. The highest BCUT2D eigenvalue weighted by molar-refractivity contribution is 6.31. The highest BCUT2D eigenvalue weighted by atomic mass is 35.5. The van der Waals surface area contributed by atoms with E-state index in [9.17, 15) is 17.6 Å². The molecule has 0 spiro atoms. The average Bonchev–Trinajstić information content (AvgIpc) is 2.34. The Hall–Kier alpha value is -0.890. The van der Waals surface area contributed by atoms with E-state index in [1.54, 1.807) is 0 Å². The van der Waals surface area contributed by atoms with Crippen molar-refractivity contribution in [2.24, 2.45) is 5.84 Å². The summed E-state index contributed by atoms with van der Waals surface area (Å²) in [5.41, 5.74) is 3.14. The maximum absolute atomic E-state index is 12.9. The van der Waals surface area contributed by atoms with Gasteiger partial charge in [-0.05, 0) is 30.5 Å². The van der Waals surface area contributed by atoms with E-state index in [4.69, 9.17) is 17.4 Å². The molecule has 8 heteroatoms. The van der Waals surface area contributed by atoms with Gasteiger partial charge >= 0.3 is 6.18 Å². The lowest BCUT2D eigenvalue weighted by Crippen LogP contribution is -2.38. The molecule has 0 heterocycles. The second-order valence-electron chi connectivity index (χ2n) is 4.26. The van der Waals surface area contributed by atoms with Crippen LogP contribution in [-0.4, -0.2) is 25.4 Å². The number of hydrogen-bond donors (Lipinski definition) is 2. The molecule has 0 aliphatic rings. The van der Waals surface area contributed by atoms with Gasteiger partial charge in [0.1, 0.15) is 12.4 Å². The number of halogens is 5. The van der Waals surface area contributed by atoms with Crippen LogP contribution in [0.2, 0.25) is 5.02 Å². The molecule has 20 heavy (non-hydrogen) atoms. The number of hydrazine groups is 1. The first-order chi connectivity index (χ1) is 9.31. The van der Waals surface area contributed by atoms with E-state index in [2.05, 4.69) is 10.2 Å². The first kappa shape index (κ1) is 17.2. The summed E-state index contributed by atoms with van der Waals surface area (Å²) in [6.45, 7) is -1.38. The number of hydrogen-bond acceptors (Lipinski definition) is 3. The summed E-state index contributed by atoms with van der Waals surface area (Å²) in [4.78, 5) is 0. The van der Waals surface area contributed by atoms with Gasteiger partial charge in [0.25, 0.3) is 0 Å². The van der Waals surface area contributed by atoms with Crippen LogP contribution in [0.1, 0.15) is 12.0 Å². The van der Waals surface area contributed by atoms with Gasteiger partial charge in [-0.25, -0.2) is 4.39 Å². The van der Waals surface area contributed by atoms with Crippen LogP contribution in [-0.2, 0) is 11.2 Å². The number of ether oxygens (including phenoxy) is 1. The first-order valence-electron chi connectivity index (χ1n) is 5.86. The predicted molar refractivity (Wildman–Crippen MR) is 67.7 cm³/mol. The molecule has 0 bridgehead atoms. The Kier molecular flexibility index (Phi) is 6.67. The number of benzene rings is 1. The number of nitrogens with two attached hydrogens (primary N) is 1. The van der Waals surface area contributed by atoms with Crippen LogP contribution in [0.3, 0.4) is 0 Å². The van der Waals surface area contributed by atoms with Crippen LogP contribution in [0.25, 0.3) is 0 Å². The van der Waals surface area contributed by atoms with Gasteiger partial charge in [-0.1, -0.05) is 17.7 Å². The molecule has 1 aromatic carbocycles. The maximum Gasteiger partial charge on any atom is 0.411 e. The standard InChI is InChI=1S/C12H15ClF4N2O/c13-11-6-9(14)2-1-8(11)5-10(19-18)3-4-20-7-12(15,16)17/h1-2,6,10,19H,3-5,7,18H2. The molecule has 0 saturated heterocycles. The minimum atomic E-state index is -4.34. The number of rotatable bonds is 7. The molecule has 0 radical (unpaired) electrons. The van der Waals surface area contributed by atoms with Crippen molar-refractivity contribution in [2.75, 3.05) is 13.2 Å². The third-order valence-electron chi connectivity index (χ3n) is 2.59. The van der Waals surface area contributed by atoms with Gasteiger partial charge in [0, 0.05) is 17.7 Å². The zero-order valence-electron chi connectivity index (χ0n) is 10.5. The van der Waals surface area contributed by atoms with E-state index >= 15 is 0 Å². The topological polar surface area (TPSA) is 47.3 Å². The Balaban J connectivity index is 2.43. The Labute approximate surface area is 119 Å². The monoisotopic (exact) mass is 314 g/mol. The average molecular weight is 315 g/mol. The third kappa shape index (κ3) is 6.51. The van der Waals surface area contributed by atoms with Crippen molar-refractivity contribution in [3.8, 4) is 0 Å². The molecule has 1 aromatic rings. The fourth-order valence-electron chi connectivity index (χ4n) is 1.61. The fraction of sp³-hybridized carbons (Fsp3) is 0.500. The van der Waals surface area contributed by atoms with Crippen molar-refractivity contribution in [1.82, 2.24) is 5.43 Å². The smallest absolute Gasteiger partial charge is 0.372 e. The minimum Gasteiger partial charge on any atom is -0.372 e. The molecule has 1 unspecified atom stereocenters. The molecule has 0 aliphatic carbocycles. The summed E-state index contributed by atoms with van der Waals surface area (Å²) < 4.78 is 53.0. The van der Waals surface area contributed by atoms with E-state index in [1.807, 2.05) is 0 Å².